The van der Waals surface area contributed by atoms with Crippen LogP contribution in [0.2, 0.25) is 0 Å². The Morgan fingerprint density at radius 2 is 1.50 bits per heavy atom. The van der Waals surface area contributed by atoms with Crippen molar-refractivity contribution in [2.45, 2.75) is 13.3 Å². The molecule has 60 valence electrons. The van der Waals surface area contributed by atoms with Gasteiger partial charge < -0.3 is 15.9 Å². The van der Waals surface area contributed by atoms with Crippen molar-refractivity contribution in [3.63, 3.8) is 0 Å². The highest BCUT2D eigenvalue weighted by Gasteiger charge is 1.81. The third-order valence-corrected chi connectivity index (χ3v) is 0.477. The zero-order valence-electron chi connectivity index (χ0n) is 5.70. The molecular formula is C5H11NO4. The fraction of sp³-hybridized carbons (Fsp3) is 0.600. The summed E-state index contributed by atoms with van der Waals surface area (Å²) in [5.74, 6) is -1.71. The first-order valence-corrected chi connectivity index (χ1v) is 2.68. The van der Waals surface area contributed by atoms with Gasteiger partial charge in [0.05, 0.1) is 6.54 Å². The minimum absolute atomic E-state index is 0.222. The lowest BCUT2D eigenvalue weighted by Gasteiger charge is -1.73. The van der Waals surface area contributed by atoms with Gasteiger partial charge in [0.25, 0.3) is 0 Å². The van der Waals surface area contributed by atoms with Crippen LogP contribution in [0.25, 0.3) is 0 Å². The number of carboxylic acid groups (broad SMARTS) is 2. The van der Waals surface area contributed by atoms with Crippen LogP contribution in [-0.2, 0) is 9.59 Å². The van der Waals surface area contributed by atoms with E-state index in [-0.39, 0.29) is 13.0 Å². The molecule has 10 heavy (non-hydrogen) atoms. The maximum atomic E-state index is 9.37. The summed E-state index contributed by atoms with van der Waals surface area (Å²) in [7, 11) is 0. The Morgan fingerprint density at radius 1 is 1.30 bits per heavy atom. The zero-order chi connectivity index (χ0) is 8.57. The van der Waals surface area contributed by atoms with Crippen LogP contribution in [0.1, 0.15) is 13.3 Å². The summed E-state index contributed by atoms with van der Waals surface area (Å²) in [5.41, 5.74) is 4.57. The predicted molar refractivity (Wildman–Crippen MR) is 34.6 cm³/mol. The van der Waals surface area contributed by atoms with Gasteiger partial charge in [-0.3, -0.25) is 9.59 Å². The van der Waals surface area contributed by atoms with E-state index in [0.29, 0.717) is 0 Å². The molecule has 0 unspecified atom stereocenters. The van der Waals surface area contributed by atoms with E-state index in [1.807, 2.05) is 0 Å². The number of hydrogen-bond acceptors (Lipinski definition) is 3. The molecule has 0 fully saturated rings. The molecule has 0 aromatic rings. The monoisotopic (exact) mass is 149 g/mol. The first-order chi connectivity index (χ1) is 4.54. The molecule has 5 heteroatoms. The van der Waals surface area contributed by atoms with Gasteiger partial charge in [-0.2, -0.15) is 0 Å². The molecule has 0 saturated heterocycles. The first kappa shape index (κ1) is 11.7. The Morgan fingerprint density at radius 3 is 1.50 bits per heavy atom. The smallest absolute Gasteiger partial charge is 0.317 e. The van der Waals surface area contributed by atoms with Gasteiger partial charge in [0.15, 0.2) is 0 Å². The SMILES string of the molecule is CCC(=O)O.NCC(=O)O. The standard InChI is InChI=1S/C3H6O2.C2H5NO2/c1-2-3(4)5;3-1-2(4)5/h2H2,1H3,(H,4,5);1,3H2,(H,4,5). The van der Waals surface area contributed by atoms with E-state index in [1.165, 1.54) is 0 Å². The van der Waals surface area contributed by atoms with E-state index >= 15 is 0 Å². The molecule has 0 heterocycles. The fourth-order valence-electron chi connectivity index (χ4n) is 0. The van der Waals surface area contributed by atoms with Crippen LogP contribution < -0.4 is 5.73 Å². The third kappa shape index (κ3) is 28.6. The molecule has 0 aromatic carbocycles. The van der Waals surface area contributed by atoms with E-state index in [2.05, 4.69) is 5.73 Å². The van der Waals surface area contributed by atoms with Crippen molar-refractivity contribution in [2.24, 2.45) is 5.73 Å². The first-order valence-electron chi connectivity index (χ1n) is 2.68. The molecule has 0 rings (SSSR count). The van der Waals surface area contributed by atoms with E-state index in [4.69, 9.17) is 10.2 Å². The number of hydrogen-bond donors (Lipinski definition) is 3. The van der Waals surface area contributed by atoms with Crippen LogP contribution >= 0.6 is 0 Å². The Hall–Kier alpha value is -1.10. The van der Waals surface area contributed by atoms with Gasteiger partial charge in [-0.05, 0) is 0 Å². The minimum Gasteiger partial charge on any atom is -0.481 e. The number of aliphatic carboxylic acids is 2. The minimum atomic E-state index is -0.968. The second-order valence-corrected chi connectivity index (χ2v) is 1.35. The summed E-state index contributed by atoms with van der Waals surface area (Å²) in [4.78, 5) is 18.6. The van der Waals surface area contributed by atoms with Crippen LogP contribution in [0, 0.1) is 0 Å². The average Bonchev–Trinajstić information content (AvgIpc) is 1.89. The normalized spacial score (nSPS) is 7.40. The number of carbonyl (C=O) groups is 2. The van der Waals surface area contributed by atoms with Gasteiger partial charge in [-0.15, -0.1) is 0 Å². The van der Waals surface area contributed by atoms with Crippen molar-refractivity contribution >= 4 is 11.9 Å². The van der Waals surface area contributed by atoms with E-state index in [9.17, 15) is 9.59 Å². The zero-order valence-corrected chi connectivity index (χ0v) is 5.70. The Balaban J connectivity index is 0. The molecule has 4 N–H and O–H groups in total. The van der Waals surface area contributed by atoms with Crippen LogP contribution in [0.5, 0.6) is 0 Å². The molecular weight excluding hydrogens is 138 g/mol. The van der Waals surface area contributed by atoms with E-state index < -0.39 is 11.9 Å². The summed E-state index contributed by atoms with van der Waals surface area (Å²) >= 11 is 0. The summed E-state index contributed by atoms with van der Waals surface area (Å²) in [6.45, 7) is 1.32. The second-order valence-electron chi connectivity index (χ2n) is 1.35. The van der Waals surface area contributed by atoms with Crippen LogP contribution in [0.4, 0.5) is 0 Å². The molecule has 0 saturated carbocycles. The van der Waals surface area contributed by atoms with Gasteiger partial charge >= 0.3 is 11.9 Å². The lowest BCUT2D eigenvalue weighted by Crippen LogP contribution is -2.10. The van der Waals surface area contributed by atoms with Crippen molar-refractivity contribution < 1.29 is 19.8 Å². The maximum absolute atomic E-state index is 9.37. The highest BCUT2D eigenvalue weighted by molar-refractivity contribution is 5.68. The van der Waals surface area contributed by atoms with Gasteiger partial charge in [-0.25, -0.2) is 0 Å². The summed E-state index contributed by atoms with van der Waals surface area (Å²) in [5, 5.41) is 15.3. The highest BCUT2D eigenvalue weighted by Crippen LogP contribution is 1.67. The van der Waals surface area contributed by atoms with Gasteiger partial charge in [0, 0.05) is 6.42 Å². The largest absolute Gasteiger partial charge is 0.481 e. The Bertz CT molecular complexity index is 98.2. The van der Waals surface area contributed by atoms with E-state index in [0.717, 1.165) is 0 Å². The fourth-order valence-corrected chi connectivity index (χ4v) is 0. The maximum Gasteiger partial charge on any atom is 0.317 e. The van der Waals surface area contributed by atoms with Gasteiger partial charge in [-0.1, -0.05) is 6.92 Å². The molecule has 0 bridgehead atoms. The van der Waals surface area contributed by atoms with Crippen molar-refractivity contribution in [3.8, 4) is 0 Å². The lowest BCUT2D eigenvalue weighted by atomic mass is 10.5. The molecule has 0 aliphatic heterocycles. The van der Waals surface area contributed by atoms with E-state index in [1.54, 1.807) is 6.92 Å². The van der Waals surface area contributed by atoms with Crippen molar-refractivity contribution in [1.29, 1.82) is 0 Å². The highest BCUT2D eigenvalue weighted by atomic mass is 16.4. The number of nitrogens with two attached hydrogens (primary N) is 1. The van der Waals surface area contributed by atoms with Crippen molar-refractivity contribution in [1.82, 2.24) is 0 Å². The lowest BCUT2D eigenvalue weighted by molar-refractivity contribution is -0.137. The molecule has 5 nitrogen and oxygen atoms in total. The summed E-state index contributed by atoms with van der Waals surface area (Å²) in [6.07, 6.45) is 0.222. The third-order valence-electron chi connectivity index (χ3n) is 0.477. The molecule has 0 radical (unpaired) electrons. The quantitative estimate of drug-likeness (QED) is 0.491. The molecule has 0 spiro atoms. The van der Waals surface area contributed by atoms with Crippen molar-refractivity contribution in [3.05, 3.63) is 0 Å². The second kappa shape index (κ2) is 7.90. The summed E-state index contributed by atoms with van der Waals surface area (Å²) in [6, 6.07) is 0. The van der Waals surface area contributed by atoms with Crippen LogP contribution in [-0.4, -0.2) is 28.7 Å². The molecule has 0 aliphatic carbocycles. The van der Waals surface area contributed by atoms with Crippen molar-refractivity contribution in [2.75, 3.05) is 6.54 Å². The van der Waals surface area contributed by atoms with Crippen LogP contribution in [0.3, 0.4) is 0 Å². The summed E-state index contributed by atoms with van der Waals surface area (Å²) < 4.78 is 0. The molecule has 0 atom stereocenters. The predicted octanol–water partition coefficient (Wildman–Crippen LogP) is -0.489. The average molecular weight is 149 g/mol. The topological polar surface area (TPSA) is 101 Å². The van der Waals surface area contributed by atoms with Gasteiger partial charge in [0.1, 0.15) is 0 Å². The molecule has 0 aromatic heterocycles. The Labute approximate surface area is 58.5 Å². The number of rotatable bonds is 2. The molecule has 0 aliphatic rings. The van der Waals surface area contributed by atoms with Crippen LogP contribution in [0.15, 0.2) is 0 Å². The van der Waals surface area contributed by atoms with Gasteiger partial charge in [0.2, 0.25) is 0 Å². The Kier molecular flexibility index (Phi) is 9.22. The molecule has 0 amide bonds. The number of carboxylic acids is 2.